The number of rotatable bonds is 7. The van der Waals surface area contributed by atoms with Gasteiger partial charge in [0.15, 0.2) is 0 Å². The lowest BCUT2D eigenvalue weighted by atomic mass is 10.2. The molecule has 1 rings (SSSR count). The van der Waals surface area contributed by atoms with Crippen LogP contribution in [0, 0.1) is 0 Å². The van der Waals surface area contributed by atoms with E-state index < -0.39 is 0 Å². The first kappa shape index (κ1) is 13.5. The van der Waals surface area contributed by atoms with Crippen LogP contribution < -0.4 is 4.74 Å². The third-order valence-corrected chi connectivity index (χ3v) is 2.42. The van der Waals surface area contributed by atoms with Gasteiger partial charge in [-0.3, -0.25) is 9.63 Å². The molecular formula is C13H19NO3. The number of hydrogen-bond acceptors (Lipinski definition) is 3. The van der Waals surface area contributed by atoms with Gasteiger partial charge in [-0.15, -0.1) is 0 Å². The van der Waals surface area contributed by atoms with Crippen LogP contribution in [0.3, 0.4) is 0 Å². The van der Waals surface area contributed by atoms with Gasteiger partial charge in [0.2, 0.25) is 5.91 Å². The Balaban J connectivity index is 2.07. The minimum Gasteiger partial charge on any atom is -0.494 e. The summed E-state index contributed by atoms with van der Waals surface area (Å²) in [6.45, 7) is 0.633. The van der Waals surface area contributed by atoms with Crippen molar-refractivity contribution in [2.24, 2.45) is 0 Å². The Bertz CT molecular complexity index is 327. The largest absolute Gasteiger partial charge is 0.494 e. The topological polar surface area (TPSA) is 38.8 Å². The molecule has 0 aliphatic rings. The van der Waals surface area contributed by atoms with Gasteiger partial charge in [-0.1, -0.05) is 18.2 Å². The van der Waals surface area contributed by atoms with E-state index in [1.807, 2.05) is 30.3 Å². The van der Waals surface area contributed by atoms with Crippen LogP contribution in [0.5, 0.6) is 5.75 Å². The maximum atomic E-state index is 11.4. The summed E-state index contributed by atoms with van der Waals surface area (Å²) in [4.78, 5) is 16.2. The van der Waals surface area contributed by atoms with Gasteiger partial charge in [-0.25, -0.2) is 5.06 Å². The lowest BCUT2D eigenvalue weighted by molar-refractivity contribution is -0.168. The molecule has 0 saturated heterocycles. The van der Waals surface area contributed by atoms with Gasteiger partial charge in [0.05, 0.1) is 13.7 Å². The van der Waals surface area contributed by atoms with Crippen LogP contribution in [0.15, 0.2) is 30.3 Å². The van der Waals surface area contributed by atoms with Gasteiger partial charge < -0.3 is 4.74 Å². The standard InChI is InChI=1S/C13H19NO3/c1-14(16-2)13(15)10-6-7-11-17-12-8-4-3-5-9-12/h3-5,8-9H,6-7,10-11H2,1-2H3. The summed E-state index contributed by atoms with van der Waals surface area (Å²) in [5, 5.41) is 1.25. The molecule has 0 spiro atoms. The average Bonchev–Trinajstić information content (AvgIpc) is 2.38. The fourth-order valence-corrected chi connectivity index (χ4v) is 1.34. The van der Waals surface area contributed by atoms with E-state index in [1.165, 1.54) is 12.2 Å². The number of ether oxygens (including phenoxy) is 1. The molecule has 0 saturated carbocycles. The van der Waals surface area contributed by atoms with Gasteiger partial charge in [0.1, 0.15) is 5.75 Å². The number of nitrogens with zero attached hydrogens (tertiary/aromatic N) is 1. The second kappa shape index (κ2) is 7.68. The van der Waals surface area contributed by atoms with Crippen molar-refractivity contribution in [1.82, 2.24) is 5.06 Å². The van der Waals surface area contributed by atoms with E-state index in [4.69, 9.17) is 9.57 Å². The zero-order valence-electron chi connectivity index (χ0n) is 10.4. The zero-order chi connectivity index (χ0) is 12.5. The Morgan fingerprint density at radius 3 is 2.59 bits per heavy atom. The van der Waals surface area contributed by atoms with Crippen molar-refractivity contribution in [2.45, 2.75) is 19.3 Å². The summed E-state index contributed by atoms with van der Waals surface area (Å²) >= 11 is 0. The molecule has 4 heteroatoms. The molecule has 0 fully saturated rings. The Kier molecular flexibility index (Phi) is 6.10. The highest BCUT2D eigenvalue weighted by Crippen LogP contribution is 2.09. The first-order chi connectivity index (χ1) is 8.24. The lowest BCUT2D eigenvalue weighted by Gasteiger charge is -2.13. The van der Waals surface area contributed by atoms with Crippen molar-refractivity contribution in [3.05, 3.63) is 30.3 Å². The number of hydroxylamine groups is 2. The van der Waals surface area contributed by atoms with E-state index in [0.29, 0.717) is 13.0 Å². The Hall–Kier alpha value is -1.55. The van der Waals surface area contributed by atoms with E-state index in [0.717, 1.165) is 18.6 Å². The van der Waals surface area contributed by atoms with Crippen molar-refractivity contribution < 1.29 is 14.4 Å². The minimum atomic E-state index is -0.00721. The molecule has 0 aromatic heterocycles. The summed E-state index contributed by atoms with van der Waals surface area (Å²) < 4.78 is 5.52. The van der Waals surface area contributed by atoms with Gasteiger partial charge in [0, 0.05) is 13.5 Å². The molecule has 0 heterocycles. The lowest BCUT2D eigenvalue weighted by Crippen LogP contribution is -2.25. The van der Waals surface area contributed by atoms with Crippen molar-refractivity contribution >= 4 is 5.91 Å². The number of amides is 1. The van der Waals surface area contributed by atoms with Gasteiger partial charge in [-0.05, 0) is 25.0 Å². The normalized spacial score (nSPS) is 10.0. The van der Waals surface area contributed by atoms with Gasteiger partial charge >= 0.3 is 0 Å². The van der Waals surface area contributed by atoms with Crippen LogP contribution in [0.25, 0.3) is 0 Å². The zero-order valence-corrected chi connectivity index (χ0v) is 10.4. The van der Waals surface area contributed by atoms with Crippen molar-refractivity contribution in [3.8, 4) is 5.75 Å². The van der Waals surface area contributed by atoms with Crippen LogP contribution >= 0.6 is 0 Å². The summed E-state index contributed by atoms with van der Waals surface area (Å²) in [7, 11) is 3.10. The molecule has 1 aromatic carbocycles. The maximum Gasteiger partial charge on any atom is 0.245 e. The highest BCUT2D eigenvalue weighted by atomic mass is 16.7. The summed E-state index contributed by atoms with van der Waals surface area (Å²) in [6.07, 6.45) is 2.15. The summed E-state index contributed by atoms with van der Waals surface area (Å²) in [5.74, 6) is 0.861. The summed E-state index contributed by atoms with van der Waals surface area (Å²) in [5.41, 5.74) is 0. The van der Waals surface area contributed by atoms with E-state index in [-0.39, 0.29) is 5.91 Å². The maximum absolute atomic E-state index is 11.4. The van der Waals surface area contributed by atoms with Crippen LogP contribution in [0.4, 0.5) is 0 Å². The fourth-order valence-electron chi connectivity index (χ4n) is 1.34. The molecular weight excluding hydrogens is 218 g/mol. The molecule has 0 aliphatic heterocycles. The number of carbonyl (C=O) groups excluding carboxylic acids is 1. The number of hydrogen-bond donors (Lipinski definition) is 0. The van der Waals surface area contributed by atoms with Crippen LogP contribution in [-0.4, -0.2) is 31.7 Å². The van der Waals surface area contributed by atoms with E-state index in [2.05, 4.69) is 0 Å². The molecule has 1 aromatic rings. The predicted molar refractivity (Wildman–Crippen MR) is 65.6 cm³/mol. The molecule has 94 valence electrons. The van der Waals surface area contributed by atoms with Crippen LogP contribution in [0.2, 0.25) is 0 Å². The minimum absolute atomic E-state index is 0.00721. The molecule has 0 atom stereocenters. The third-order valence-electron chi connectivity index (χ3n) is 2.42. The van der Waals surface area contributed by atoms with Crippen LogP contribution in [-0.2, 0) is 9.63 Å². The van der Waals surface area contributed by atoms with Crippen molar-refractivity contribution in [1.29, 1.82) is 0 Å². The van der Waals surface area contributed by atoms with Crippen molar-refractivity contribution in [2.75, 3.05) is 20.8 Å². The molecule has 0 unspecified atom stereocenters. The van der Waals surface area contributed by atoms with E-state index >= 15 is 0 Å². The highest BCUT2D eigenvalue weighted by Gasteiger charge is 2.06. The predicted octanol–water partition coefficient (Wildman–Crippen LogP) is 2.26. The number of benzene rings is 1. The Labute approximate surface area is 102 Å². The molecule has 4 nitrogen and oxygen atoms in total. The fraction of sp³-hybridized carbons (Fsp3) is 0.462. The first-order valence-electron chi connectivity index (χ1n) is 5.72. The van der Waals surface area contributed by atoms with Gasteiger partial charge in [0.25, 0.3) is 0 Å². The Morgan fingerprint density at radius 1 is 1.24 bits per heavy atom. The number of para-hydroxylation sites is 1. The first-order valence-corrected chi connectivity index (χ1v) is 5.72. The third kappa shape index (κ3) is 5.36. The molecule has 0 radical (unpaired) electrons. The SMILES string of the molecule is CON(C)C(=O)CCCCOc1ccccc1. The average molecular weight is 237 g/mol. The second-order valence-electron chi connectivity index (χ2n) is 3.69. The molecule has 0 bridgehead atoms. The second-order valence-corrected chi connectivity index (χ2v) is 3.69. The Morgan fingerprint density at radius 2 is 1.94 bits per heavy atom. The highest BCUT2D eigenvalue weighted by molar-refractivity contribution is 5.74. The van der Waals surface area contributed by atoms with Crippen LogP contribution in [0.1, 0.15) is 19.3 Å². The van der Waals surface area contributed by atoms with E-state index in [1.54, 1.807) is 7.05 Å². The molecule has 17 heavy (non-hydrogen) atoms. The molecule has 0 N–H and O–H groups in total. The molecule has 0 aliphatic carbocycles. The molecule has 1 amide bonds. The smallest absolute Gasteiger partial charge is 0.245 e. The van der Waals surface area contributed by atoms with Gasteiger partial charge in [-0.2, -0.15) is 0 Å². The number of unbranched alkanes of at least 4 members (excludes halogenated alkanes) is 1. The summed E-state index contributed by atoms with van der Waals surface area (Å²) in [6, 6.07) is 9.67. The monoisotopic (exact) mass is 237 g/mol. The van der Waals surface area contributed by atoms with Crippen molar-refractivity contribution in [3.63, 3.8) is 0 Å². The van der Waals surface area contributed by atoms with E-state index in [9.17, 15) is 4.79 Å². The number of carbonyl (C=O) groups is 1. The quantitative estimate of drug-likeness (QED) is 0.539.